The van der Waals surface area contributed by atoms with Gasteiger partial charge in [-0.3, -0.25) is 0 Å². The molecule has 1 N–H and O–H groups in total. The minimum Gasteiger partial charge on any atom is -0.476 e. The van der Waals surface area contributed by atoms with Gasteiger partial charge in [0.15, 0.2) is 11.4 Å². The summed E-state index contributed by atoms with van der Waals surface area (Å²) < 4.78 is 10.1. The van der Waals surface area contributed by atoms with Crippen molar-refractivity contribution in [3.63, 3.8) is 0 Å². The number of aromatic nitrogens is 1. The number of nitrogens with zero attached hydrogens (tertiary/aromatic N) is 1. The van der Waals surface area contributed by atoms with Crippen molar-refractivity contribution in [2.24, 2.45) is 0 Å². The number of carbonyl (C=O) groups is 1. The number of hydrogen-bond acceptors (Lipinski definition) is 4. The number of aryl methyl sites for hydroxylation is 1. The SMILES string of the molecule is Cc1ccc(Cl)c(Oc2nc(C(=O)O)co2)c1. The Labute approximate surface area is 102 Å². The molecule has 0 aliphatic carbocycles. The Kier molecular flexibility index (Phi) is 3.01. The molecule has 0 saturated heterocycles. The van der Waals surface area contributed by atoms with E-state index in [0.717, 1.165) is 11.8 Å². The monoisotopic (exact) mass is 253 g/mol. The van der Waals surface area contributed by atoms with Gasteiger partial charge >= 0.3 is 12.0 Å². The molecule has 0 unspecified atom stereocenters. The number of ether oxygens (including phenoxy) is 1. The number of carboxylic acids is 1. The summed E-state index contributed by atoms with van der Waals surface area (Å²) >= 11 is 5.90. The van der Waals surface area contributed by atoms with Gasteiger partial charge in [-0.2, -0.15) is 4.98 Å². The summed E-state index contributed by atoms with van der Waals surface area (Å²) in [6.07, 6.45) is 0.844. The average molecular weight is 254 g/mol. The predicted octanol–water partition coefficient (Wildman–Crippen LogP) is 3.13. The molecule has 6 heteroatoms. The van der Waals surface area contributed by atoms with Crippen LogP contribution in [0.1, 0.15) is 16.1 Å². The van der Waals surface area contributed by atoms with E-state index in [-0.39, 0.29) is 11.8 Å². The zero-order valence-corrected chi connectivity index (χ0v) is 9.56. The molecule has 0 aliphatic rings. The van der Waals surface area contributed by atoms with E-state index < -0.39 is 5.97 Å². The van der Waals surface area contributed by atoms with E-state index in [1.54, 1.807) is 12.1 Å². The lowest BCUT2D eigenvalue weighted by Crippen LogP contribution is -1.96. The van der Waals surface area contributed by atoms with E-state index in [1.165, 1.54) is 0 Å². The first-order valence-corrected chi connectivity index (χ1v) is 5.07. The molecule has 0 bridgehead atoms. The Balaban J connectivity index is 2.25. The normalized spacial score (nSPS) is 10.2. The largest absolute Gasteiger partial charge is 0.476 e. The first-order chi connectivity index (χ1) is 8.06. The van der Waals surface area contributed by atoms with Gasteiger partial charge in [0, 0.05) is 0 Å². The van der Waals surface area contributed by atoms with Crippen LogP contribution in [0.2, 0.25) is 5.02 Å². The van der Waals surface area contributed by atoms with Gasteiger partial charge in [0.05, 0.1) is 5.02 Å². The van der Waals surface area contributed by atoms with E-state index in [4.69, 9.17) is 25.9 Å². The average Bonchev–Trinajstić information content (AvgIpc) is 2.72. The van der Waals surface area contributed by atoms with Crippen LogP contribution in [-0.2, 0) is 0 Å². The molecule has 5 nitrogen and oxygen atoms in total. The van der Waals surface area contributed by atoms with Crippen LogP contribution in [0.5, 0.6) is 11.8 Å². The van der Waals surface area contributed by atoms with Crippen molar-refractivity contribution in [3.8, 4) is 11.8 Å². The minimum absolute atomic E-state index is 0.157. The molecule has 1 heterocycles. The fraction of sp³-hybridized carbons (Fsp3) is 0.0909. The Bertz CT molecular complexity index is 564. The van der Waals surface area contributed by atoms with Crippen molar-refractivity contribution in [2.75, 3.05) is 0 Å². The molecule has 17 heavy (non-hydrogen) atoms. The third-order valence-corrected chi connectivity index (χ3v) is 2.30. The van der Waals surface area contributed by atoms with Crippen LogP contribution in [0, 0.1) is 6.92 Å². The van der Waals surface area contributed by atoms with E-state index >= 15 is 0 Å². The first-order valence-electron chi connectivity index (χ1n) is 4.69. The highest BCUT2D eigenvalue weighted by Gasteiger charge is 2.13. The number of benzene rings is 1. The Morgan fingerprint density at radius 1 is 1.53 bits per heavy atom. The van der Waals surface area contributed by atoms with Crippen molar-refractivity contribution in [1.29, 1.82) is 0 Å². The summed E-state index contributed by atoms with van der Waals surface area (Å²) in [4.78, 5) is 14.2. The van der Waals surface area contributed by atoms with Gasteiger partial charge in [0.1, 0.15) is 6.26 Å². The number of halogens is 1. The van der Waals surface area contributed by atoms with E-state index in [1.807, 2.05) is 13.0 Å². The van der Waals surface area contributed by atoms with Gasteiger partial charge < -0.3 is 14.3 Å². The number of rotatable bonds is 3. The number of carboxylic acid groups (broad SMARTS) is 1. The van der Waals surface area contributed by atoms with Gasteiger partial charge in [0.25, 0.3) is 0 Å². The maximum Gasteiger partial charge on any atom is 0.399 e. The van der Waals surface area contributed by atoms with Gasteiger partial charge in [0.2, 0.25) is 0 Å². The van der Waals surface area contributed by atoms with E-state index in [9.17, 15) is 4.79 Å². The van der Waals surface area contributed by atoms with Crippen LogP contribution in [0.3, 0.4) is 0 Å². The highest BCUT2D eigenvalue weighted by atomic mass is 35.5. The second-order valence-electron chi connectivity index (χ2n) is 3.34. The molecule has 0 atom stereocenters. The predicted molar refractivity (Wildman–Crippen MR) is 59.7 cm³/mol. The maximum atomic E-state index is 10.6. The van der Waals surface area contributed by atoms with Crippen molar-refractivity contribution < 1.29 is 19.1 Å². The van der Waals surface area contributed by atoms with Crippen molar-refractivity contribution in [2.45, 2.75) is 6.92 Å². The first kappa shape index (κ1) is 11.5. The zero-order chi connectivity index (χ0) is 12.4. The minimum atomic E-state index is -1.18. The van der Waals surface area contributed by atoms with Gasteiger partial charge in [-0.25, -0.2) is 4.79 Å². The molecule has 2 aromatic rings. The lowest BCUT2D eigenvalue weighted by Gasteiger charge is -2.03. The molecular weight excluding hydrogens is 246 g/mol. The van der Waals surface area contributed by atoms with Crippen LogP contribution in [0.4, 0.5) is 0 Å². The van der Waals surface area contributed by atoms with E-state index in [0.29, 0.717) is 10.8 Å². The molecule has 0 saturated carbocycles. The third kappa shape index (κ3) is 2.57. The van der Waals surface area contributed by atoms with Crippen molar-refractivity contribution >= 4 is 17.6 Å². The highest BCUT2D eigenvalue weighted by molar-refractivity contribution is 6.32. The topological polar surface area (TPSA) is 72.6 Å². The molecule has 0 amide bonds. The van der Waals surface area contributed by atoms with Gasteiger partial charge in [-0.1, -0.05) is 17.7 Å². The highest BCUT2D eigenvalue weighted by Crippen LogP contribution is 2.29. The Hall–Kier alpha value is -2.01. The summed E-state index contributed by atoms with van der Waals surface area (Å²) in [6.45, 7) is 1.88. The zero-order valence-electron chi connectivity index (χ0n) is 8.81. The number of oxazole rings is 1. The molecule has 1 aromatic heterocycles. The Morgan fingerprint density at radius 3 is 2.94 bits per heavy atom. The third-order valence-electron chi connectivity index (χ3n) is 1.99. The van der Waals surface area contributed by atoms with Crippen LogP contribution in [0.25, 0.3) is 0 Å². The molecule has 0 radical (unpaired) electrons. The van der Waals surface area contributed by atoms with Crippen molar-refractivity contribution in [3.05, 3.63) is 40.7 Å². The lowest BCUT2D eigenvalue weighted by atomic mass is 10.2. The van der Waals surface area contributed by atoms with Crippen molar-refractivity contribution in [1.82, 2.24) is 4.98 Å². The standard InChI is InChI=1S/C11H8ClNO4/c1-6-2-3-7(12)9(4-6)17-11-13-8(5-16-11)10(14)15/h2-5H,1H3,(H,14,15). The molecule has 2 rings (SSSR count). The van der Waals surface area contributed by atoms with Gasteiger partial charge in [-0.15, -0.1) is 0 Å². The quantitative estimate of drug-likeness (QED) is 0.910. The number of hydrogen-bond donors (Lipinski definition) is 1. The summed E-state index contributed by atoms with van der Waals surface area (Å²) in [5.74, 6) is -0.815. The molecule has 0 spiro atoms. The molecule has 0 fully saturated rings. The van der Waals surface area contributed by atoms with Crippen LogP contribution < -0.4 is 4.74 Å². The number of aromatic carboxylic acids is 1. The second-order valence-corrected chi connectivity index (χ2v) is 3.75. The molecule has 1 aromatic carbocycles. The fourth-order valence-electron chi connectivity index (χ4n) is 1.19. The molecule has 88 valence electrons. The molecular formula is C11H8ClNO4. The summed E-state index contributed by atoms with van der Waals surface area (Å²) in [5.41, 5.74) is 0.734. The second kappa shape index (κ2) is 4.47. The lowest BCUT2D eigenvalue weighted by molar-refractivity contribution is 0.0690. The van der Waals surface area contributed by atoms with Gasteiger partial charge in [-0.05, 0) is 24.6 Å². The maximum absolute atomic E-state index is 10.6. The molecule has 0 aliphatic heterocycles. The van der Waals surface area contributed by atoms with E-state index in [2.05, 4.69) is 4.98 Å². The van der Waals surface area contributed by atoms with Crippen LogP contribution in [-0.4, -0.2) is 16.1 Å². The van der Waals surface area contributed by atoms with Crippen LogP contribution >= 0.6 is 11.6 Å². The smallest absolute Gasteiger partial charge is 0.399 e. The Morgan fingerprint density at radius 2 is 2.29 bits per heavy atom. The summed E-state index contributed by atoms with van der Waals surface area (Å²) in [7, 11) is 0. The van der Waals surface area contributed by atoms with Crippen LogP contribution in [0.15, 0.2) is 28.9 Å². The summed E-state index contributed by atoms with van der Waals surface area (Å²) in [5, 5.41) is 9.05. The fourth-order valence-corrected chi connectivity index (χ4v) is 1.34. The summed E-state index contributed by atoms with van der Waals surface area (Å²) in [6, 6.07) is 5.20.